The van der Waals surface area contributed by atoms with E-state index in [-0.39, 0.29) is 17.6 Å². The molecule has 1 N–H and O–H groups in total. The molecule has 4 rings (SSSR count). The van der Waals surface area contributed by atoms with Crippen LogP contribution in [0.4, 0.5) is 11.5 Å². The van der Waals surface area contributed by atoms with E-state index < -0.39 is 0 Å². The molecule has 32 heavy (non-hydrogen) atoms. The van der Waals surface area contributed by atoms with Crippen molar-refractivity contribution < 1.29 is 14.3 Å². The number of methoxy groups -OCH3 is 1. The maximum atomic E-state index is 12.9. The lowest BCUT2D eigenvalue weighted by Gasteiger charge is -2.33. The lowest BCUT2D eigenvalue weighted by atomic mass is 9.97. The third-order valence-electron chi connectivity index (χ3n) is 5.71. The van der Waals surface area contributed by atoms with Crippen molar-refractivity contribution in [3.05, 3.63) is 66.5 Å². The molecule has 7 heteroatoms. The number of anilines is 2. The number of nitrogens with one attached hydrogen (secondary N) is 1. The van der Waals surface area contributed by atoms with Crippen LogP contribution < -0.4 is 15.0 Å². The fourth-order valence-corrected chi connectivity index (χ4v) is 3.87. The van der Waals surface area contributed by atoms with Crippen LogP contribution in [0, 0.1) is 5.92 Å². The normalized spacial score (nSPS) is 15.8. The smallest absolute Gasteiger partial charge is 0.229 e. The number of Topliss-reactive ketones (excluding diaryl/α,β-unsaturated/α-hetero) is 1. The Kier molecular flexibility index (Phi) is 6.44. The minimum atomic E-state index is -0.143. The molecule has 1 amide bonds. The predicted molar refractivity (Wildman–Crippen MR) is 124 cm³/mol. The monoisotopic (exact) mass is 430 g/mol. The van der Waals surface area contributed by atoms with Crippen LogP contribution in [0.15, 0.2) is 60.9 Å². The SMILES string of the molecule is COc1ccc(-c2cc(N3CCCC(C(=O)Nc4ccc(C(C)=O)cc4)C3)ncn2)cc1. The second-order valence-corrected chi connectivity index (χ2v) is 7.90. The Bertz CT molecular complexity index is 1100. The van der Waals surface area contributed by atoms with E-state index in [2.05, 4.69) is 20.2 Å². The number of rotatable bonds is 6. The van der Waals surface area contributed by atoms with Gasteiger partial charge in [-0.3, -0.25) is 9.59 Å². The molecule has 1 fully saturated rings. The Morgan fingerprint density at radius 3 is 2.50 bits per heavy atom. The summed E-state index contributed by atoms with van der Waals surface area (Å²) in [5.74, 6) is 1.45. The largest absolute Gasteiger partial charge is 0.497 e. The molecule has 3 aromatic rings. The molecule has 164 valence electrons. The summed E-state index contributed by atoms with van der Waals surface area (Å²) in [7, 11) is 1.64. The van der Waals surface area contributed by atoms with Crippen molar-refractivity contribution in [3.8, 4) is 17.0 Å². The van der Waals surface area contributed by atoms with Gasteiger partial charge in [-0.2, -0.15) is 0 Å². The molecule has 0 radical (unpaired) electrons. The Morgan fingerprint density at radius 1 is 1.06 bits per heavy atom. The van der Waals surface area contributed by atoms with Gasteiger partial charge in [0.25, 0.3) is 0 Å². The zero-order valence-corrected chi connectivity index (χ0v) is 18.2. The van der Waals surface area contributed by atoms with Gasteiger partial charge in [0.15, 0.2) is 5.78 Å². The molecule has 1 aromatic heterocycles. The average molecular weight is 431 g/mol. The molecule has 2 aromatic carbocycles. The third kappa shape index (κ3) is 4.94. The van der Waals surface area contributed by atoms with Gasteiger partial charge in [-0.05, 0) is 68.3 Å². The summed E-state index contributed by atoms with van der Waals surface area (Å²) in [6.07, 6.45) is 3.29. The summed E-state index contributed by atoms with van der Waals surface area (Å²) < 4.78 is 5.22. The van der Waals surface area contributed by atoms with Gasteiger partial charge in [-0.15, -0.1) is 0 Å². The molecule has 1 unspecified atom stereocenters. The van der Waals surface area contributed by atoms with Crippen LogP contribution in [-0.4, -0.2) is 41.9 Å². The van der Waals surface area contributed by atoms with E-state index in [1.165, 1.54) is 6.92 Å². The molecule has 0 aliphatic carbocycles. The quantitative estimate of drug-likeness (QED) is 0.590. The second kappa shape index (κ2) is 9.60. The van der Waals surface area contributed by atoms with E-state index in [1.54, 1.807) is 37.7 Å². The van der Waals surface area contributed by atoms with Gasteiger partial charge < -0.3 is 15.0 Å². The Balaban J connectivity index is 1.44. The van der Waals surface area contributed by atoms with E-state index in [0.29, 0.717) is 17.8 Å². The minimum absolute atomic E-state index is 0.00431. The summed E-state index contributed by atoms with van der Waals surface area (Å²) in [6.45, 7) is 2.96. The number of amides is 1. The van der Waals surface area contributed by atoms with E-state index in [9.17, 15) is 9.59 Å². The van der Waals surface area contributed by atoms with Crippen LogP contribution in [0.1, 0.15) is 30.1 Å². The number of carbonyl (C=O) groups is 2. The highest BCUT2D eigenvalue weighted by Gasteiger charge is 2.27. The number of ketones is 1. The molecule has 1 aliphatic heterocycles. The molecule has 0 spiro atoms. The number of hydrogen-bond donors (Lipinski definition) is 1. The third-order valence-corrected chi connectivity index (χ3v) is 5.71. The zero-order chi connectivity index (χ0) is 22.5. The second-order valence-electron chi connectivity index (χ2n) is 7.90. The summed E-state index contributed by atoms with van der Waals surface area (Å²) in [4.78, 5) is 35.3. The number of piperidine rings is 1. The fourth-order valence-electron chi connectivity index (χ4n) is 3.87. The van der Waals surface area contributed by atoms with Gasteiger partial charge >= 0.3 is 0 Å². The first kappa shape index (κ1) is 21.5. The van der Waals surface area contributed by atoms with Gasteiger partial charge in [0.05, 0.1) is 18.7 Å². The van der Waals surface area contributed by atoms with Crippen molar-refractivity contribution in [2.75, 3.05) is 30.4 Å². The first-order valence-corrected chi connectivity index (χ1v) is 10.7. The number of ether oxygens (including phenoxy) is 1. The lowest BCUT2D eigenvalue weighted by molar-refractivity contribution is -0.120. The van der Waals surface area contributed by atoms with Crippen molar-refractivity contribution >= 4 is 23.2 Å². The molecule has 0 bridgehead atoms. The maximum absolute atomic E-state index is 12.9. The van der Waals surface area contributed by atoms with E-state index in [1.807, 2.05) is 30.3 Å². The zero-order valence-electron chi connectivity index (χ0n) is 18.2. The fraction of sp³-hybridized carbons (Fsp3) is 0.280. The Morgan fingerprint density at radius 2 is 1.81 bits per heavy atom. The number of carbonyl (C=O) groups excluding carboxylic acids is 2. The standard InChI is InChI=1S/C25H26N4O3/c1-17(30)18-5-9-21(10-6-18)28-25(31)20-4-3-13-29(15-20)24-14-23(26-16-27-24)19-7-11-22(32-2)12-8-19/h5-12,14,16,20H,3-4,13,15H2,1-2H3,(H,28,31). The van der Waals surface area contributed by atoms with Gasteiger partial charge in [0.2, 0.25) is 5.91 Å². The van der Waals surface area contributed by atoms with Crippen molar-refractivity contribution in [1.82, 2.24) is 9.97 Å². The summed E-state index contributed by atoms with van der Waals surface area (Å²) >= 11 is 0. The molecular formula is C25H26N4O3. The van der Waals surface area contributed by atoms with Crippen molar-refractivity contribution in [2.24, 2.45) is 5.92 Å². The predicted octanol–water partition coefficient (Wildman–Crippen LogP) is 4.21. The molecule has 1 atom stereocenters. The number of aromatic nitrogens is 2. The van der Waals surface area contributed by atoms with Crippen LogP contribution in [0.3, 0.4) is 0 Å². The summed E-state index contributed by atoms with van der Waals surface area (Å²) in [5, 5.41) is 2.98. The number of benzene rings is 2. The van der Waals surface area contributed by atoms with Crippen LogP contribution in [0.2, 0.25) is 0 Å². The first-order valence-electron chi connectivity index (χ1n) is 10.7. The van der Waals surface area contributed by atoms with Crippen molar-refractivity contribution in [1.29, 1.82) is 0 Å². The van der Waals surface area contributed by atoms with Crippen LogP contribution >= 0.6 is 0 Å². The highest BCUT2D eigenvalue weighted by Crippen LogP contribution is 2.27. The number of nitrogens with zero attached hydrogens (tertiary/aromatic N) is 3. The Hall–Kier alpha value is -3.74. The average Bonchev–Trinajstić information content (AvgIpc) is 2.84. The van der Waals surface area contributed by atoms with E-state index in [0.717, 1.165) is 42.2 Å². The molecule has 0 saturated carbocycles. The summed E-state index contributed by atoms with van der Waals surface area (Å²) in [6, 6.07) is 16.7. The van der Waals surface area contributed by atoms with Gasteiger partial charge in [0.1, 0.15) is 17.9 Å². The van der Waals surface area contributed by atoms with Crippen molar-refractivity contribution in [3.63, 3.8) is 0 Å². The number of hydrogen-bond acceptors (Lipinski definition) is 6. The van der Waals surface area contributed by atoms with Gasteiger partial charge in [-0.1, -0.05) is 0 Å². The van der Waals surface area contributed by atoms with E-state index in [4.69, 9.17) is 4.74 Å². The lowest BCUT2D eigenvalue weighted by Crippen LogP contribution is -2.41. The molecule has 7 nitrogen and oxygen atoms in total. The van der Waals surface area contributed by atoms with Gasteiger partial charge in [-0.25, -0.2) is 9.97 Å². The first-order chi connectivity index (χ1) is 15.5. The Labute approximate surface area is 187 Å². The topological polar surface area (TPSA) is 84.4 Å². The minimum Gasteiger partial charge on any atom is -0.497 e. The highest BCUT2D eigenvalue weighted by molar-refractivity contribution is 5.96. The highest BCUT2D eigenvalue weighted by atomic mass is 16.5. The molecule has 2 heterocycles. The van der Waals surface area contributed by atoms with Crippen LogP contribution in [0.25, 0.3) is 11.3 Å². The molecule has 1 saturated heterocycles. The maximum Gasteiger partial charge on any atom is 0.229 e. The van der Waals surface area contributed by atoms with Crippen LogP contribution in [0.5, 0.6) is 5.75 Å². The van der Waals surface area contributed by atoms with E-state index >= 15 is 0 Å². The summed E-state index contributed by atoms with van der Waals surface area (Å²) in [5.41, 5.74) is 3.13. The molecule has 1 aliphatic rings. The molecular weight excluding hydrogens is 404 g/mol. The van der Waals surface area contributed by atoms with Crippen molar-refractivity contribution in [2.45, 2.75) is 19.8 Å². The van der Waals surface area contributed by atoms with Crippen LogP contribution in [-0.2, 0) is 4.79 Å². The van der Waals surface area contributed by atoms with Gasteiger partial charge in [0, 0.05) is 36.0 Å².